The van der Waals surface area contributed by atoms with Gasteiger partial charge < -0.3 is 25.5 Å². The number of carbonyl (C=O) groups excluding carboxylic acids is 1. The number of aromatic amines is 1. The average Bonchev–Trinajstić information content (AvgIpc) is 3.37. The van der Waals surface area contributed by atoms with Gasteiger partial charge in [0, 0.05) is 24.8 Å². The number of nitrogens with two attached hydrogens (primary N) is 1. The van der Waals surface area contributed by atoms with Crippen molar-refractivity contribution in [3.63, 3.8) is 0 Å². The normalized spacial score (nSPS) is 20.5. The van der Waals surface area contributed by atoms with Gasteiger partial charge in [0.1, 0.15) is 5.69 Å². The number of aliphatic imine (C=N–C) groups is 1. The van der Waals surface area contributed by atoms with Crippen molar-refractivity contribution in [2.45, 2.75) is 29.6 Å². The number of anilines is 2. The molecule has 3 aromatic rings. The molecule has 11 nitrogen and oxygen atoms in total. The number of benzene rings is 2. The molecule has 6 N–H and O–H groups in total. The number of esters is 1. The smallest absolute Gasteiger partial charge is 0.339 e. The number of nitrogens with zero attached hydrogens (tertiary/aromatic N) is 2. The van der Waals surface area contributed by atoms with Crippen LogP contribution in [0.25, 0.3) is 0 Å². The third kappa shape index (κ3) is 4.71. The van der Waals surface area contributed by atoms with Crippen LogP contribution >= 0.6 is 0 Å². The molecule has 2 aliphatic heterocycles. The largest absolute Gasteiger partial charge is 0.465 e. The number of hydrogen-bond donors (Lipinski definition) is 5. The van der Waals surface area contributed by atoms with Gasteiger partial charge in [-0.2, -0.15) is 4.31 Å². The second-order valence-electron chi connectivity index (χ2n) is 8.94. The number of piperidine rings is 1. The van der Waals surface area contributed by atoms with Gasteiger partial charge >= 0.3 is 5.97 Å². The van der Waals surface area contributed by atoms with Gasteiger partial charge in [0.05, 0.1) is 35.0 Å². The summed E-state index contributed by atoms with van der Waals surface area (Å²) in [6, 6.07) is 15.0. The van der Waals surface area contributed by atoms with Crippen molar-refractivity contribution in [3.05, 3.63) is 77.6 Å². The number of aromatic nitrogens is 1. The molecule has 0 saturated carbocycles. The van der Waals surface area contributed by atoms with Crippen LogP contribution in [0.15, 0.2) is 70.7 Å². The number of hydrogen-bond acceptors (Lipinski definition) is 9. The van der Waals surface area contributed by atoms with Crippen molar-refractivity contribution in [2.75, 3.05) is 30.8 Å². The zero-order valence-corrected chi connectivity index (χ0v) is 21.0. The zero-order chi connectivity index (χ0) is 26.2. The Morgan fingerprint density at radius 2 is 1.86 bits per heavy atom. The first-order valence-electron chi connectivity index (χ1n) is 11.8. The molecule has 1 aromatic heterocycles. The Morgan fingerprint density at radius 3 is 2.57 bits per heavy atom. The van der Waals surface area contributed by atoms with Crippen molar-refractivity contribution < 1.29 is 23.1 Å². The van der Waals surface area contributed by atoms with E-state index in [-0.39, 0.29) is 18.0 Å². The molecule has 12 heteroatoms. The Morgan fingerprint density at radius 1 is 1.16 bits per heavy atom. The van der Waals surface area contributed by atoms with Crippen molar-refractivity contribution in [3.8, 4) is 0 Å². The molecule has 2 aromatic carbocycles. The number of sulfonamides is 1. The van der Waals surface area contributed by atoms with E-state index in [1.807, 2.05) is 6.07 Å². The van der Waals surface area contributed by atoms with E-state index in [0.717, 1.165) is 0 Å². The molecule has 3 heterocycles. The first kappa shape index (κ1) is 25.0. The van der Waals surface area contributed by atoms with Crippen LogP contribution < -0.4 is 16.4 Å². The van der Waals surface area contributed by atoms with E-state index in [2.05, 4.69) is 15.6 Å². The topological polar surface area (TPSA) is 162 Å². The Balaban J connectivity index is 1.46. The maximum atomic E-state index is 13.1. The van der Waals surface area contributed by atoms with Gasteiger partial charge in [-0.05, 0) is 43.2 Å². The maximum absolute atomic E-state index is 13.1. The summed E-state index contributed by atoms with van der Waals surface area (Å²) >= 11 is 0. The maximum Gasteiger partial charge on any atom is 0.339 e. The van der Waals surface area contributed by atoms with Crippen LogP contribution in [-0.2, 0) is 20.5 Å². The van der Waals surface area contributed by atoms with Gasteiger partial charge in [0.25, 0.3) is 0 Å². The number of nitrogens with one attached hydrogen (secondary N) is 3. The molecule has 1 atom stereocenters. The van der Waals surface area contributed by atoms with E-state index in [1.165, 1.54) is 23.5 Å². The van der Waals surface area contributed by atoms with E-state index in [1.54, 1.807) is 42.6 Å². The van der Waals surface area contributed by atoms with Crippen LogP contribution in [0.5, 0.6) is 0 Å². The molecule has 1 fully saturated rings. The first-order valence-corrected chi connectivity index (χ1v) is 13.2. The number of carbonyl (C=O) groups is 1. The summed E-state index contributed by atoms with van der Waals surface area (Å²) in [5.41, 5.74) is 9.39. The van der Waals surface area contributed by atoms with Gasteiger partial charge in [-0.25, -0.2) is 18.2 Å². The summed E-state index contributed by atoms with van der Waals surface area (Å²) in [6.07, 6.45) is 2.09. The van der Waals surface area contributed by atoms with E-state index < -0.39 is 27.9 Å². The molecule has 1 unspecified atom stereocenters. The molecular formula is C25H28N6O5S. The van der Waals surface area contributed by atoms with Crippen LogP contribution in [0.3, 0.4) is 0 Å². The molecule has 1 saturated heterocycles. The number of ether oxygens (including phenoxy) is 1. The lowest BCUT2D eigenvalue weighted by molar-refractivity contribution is 0.0602. The van der Waals surface area contributed by atoms with E-state index in [0.29, 0.717) is 46.9 Å². The van der Waals surface area contributed by atoms with E-state index in [4.69, 9.17) is 15.5 Å². The Kier molecular flexibility index (Phi) is 6.50. The molecular weight excluding hydrogens is 496 g/mol. The number of methoxy groups -OCH3 is 1. The van der Waals surface area contributed by atoms with Gasteiger partial charge in [-0.15, -0.1) is 0 Å². The Hall–Kier alpha value is -3.71. The monoisotopic (exact) mass is 524 g/mol. The number of aliphatic hydroxyl groups is 1. The summed E-state index contributed by atoms with van der Waals surface area (Å²) in [7, 11) is -2.38. The number of para-hydroxylation sites is 1. The first-order chi connectivity index (χ1) is 17.7. The minimum atomic E-state index is -3.70. The van der Waals surface area contributed by atoms with Crippen molar-refractivity contribution in [1.82, 2.24) is 9.29 Å². The van der Waals surface area contributed by atoms with Crippen LogP contribution in [0.4, 0.5) is 11.4 Å². The highest BCUT2D eigenvalue weighted by Gasteiger charge is 2.35. The second-order valence-corrected chi connectivity index (χ2v) is 10.9. The van der Waals surface area contributed by atoms with Crippen molar-refractivity contribution in [2.24, 2.45) is 10.7 Å². The lowest BCUT2D eigenvalue weighted by Gasteiger charge is -2.33. The minimum absolute atomic E-state index is 0.142. The Bertz CT molecular complexity index is 1440. The number of fused-ring (bicyclic) bond motifs is 1. The van der Waals surface area contributed by atoms with Crippen LogP contribution in [0.2, 0.25) is 0 Å². The van der Waals surface area contributed by atoms with Crippen LogP contribution in [0.1, 0.15) is 34.5 Å². The number of rotatable bonds is 5. The molecule has 5 rings (SSSR count). The predicted octanol–water partition coefficient (Wildman–Crippen LogP) is 2.00. The fourth-order valence-electron chi connectivity index (χ4n) is 4.48. The summed E-state index contributed by atoms with van der Waals surface area (Å²) < 4.78 is 32.4. The lowest BCUT2D eigenvalue weighted by atomic mass is 10.1. The number of amidine groups is 1. The van der Waals surface area contributed by atoms with Crippen LogP contribution in [-0.4, -0.2) is 60.9 Å². The van der Waals surface area contributed by atoms with E-state index >= 15 is 0 Å². The minimum Gasteiger partial charge on any atom is -0.465 e. The van der Waals surface area contributed by atoms with Gasteiger partial charge in [0.15, 0.2) is 5.84 Å². The molecule has 0 aliphatic carbocycles. The summed E-state index contributed by atoms with van der Waals surface area (Å²) in [5, 5.41) is 16.1. The molecule has 0 spiro atoms. The second kappa shape index (κ2) is 9.63. The molecule has 2 aliphatic rings. The highest BCUT2D eigenvalue weighted by molar-refractivity contribution is 7.89. The fraction of sp³-hybridized carbons (Fsp3) is 0.280. The van der Waals surface area contributed by atoms with Crippen LogP contribution in [0, 0.1) is 0 Å². The molecule has 0 radical (unpaired) electrons. The molecule has 0 bridgehead atoms. The standard InChI is InChI=1S/C25H28N6O5S/c1-36-24(33)19-4-2-3-5-20(19)28-23-22-21(10-13-27-22)29-25(26,30-23)16-6-8-18(9-7-16)37(34,35)31-14-11-17(32)12-15-31/h2-10,13,17,27,29,32H,11-12,14-15,26H2,1H3,(H,28,30). The average molecular weight is 525 g/mol. The summed E-state index contributed by atoms with van der Waals surface area (Å²) in [5.74, 6) is -1.53. The SMILES string of the molecule is COC(=O)c1ccccc1NC1=NC(N)(c2ccc(S(=O)(=O)N3CCC(O)CC3)cc2)Nc2cc[nH]c21. The van der Waals surface area contributed by atoms with Crippen molar-refractivity contribution >= 4 is 33.2 Å². The number of aliphatic hydroxyl groups excluding tert-OH is 1. The third-order valence-electron chi connectivity index (χ3n) is 6.54. The summed E-state index contributed by atoms with van der Waals surface area (Å²) in [6.45, 7) is 0.548. The highest BCUT2D eigenvalue weighted by atomic mass is 32.2. The predicted molar refractivity (Wildman–Crippen MR) is 139 cm³/mol. The highest BCUT2D eigenvalue weighted by Crippen LogP contribution is 2.33. The fourth-order valence-corrected chi connectivity index (χ4v) is 5.95. The molecule has 194 valence electrons. The number of H-pyrrole nitrogens is 1. The lowest BCUT2D eigenvalue weighted by Crippen LogP contribution is -2.47. The third-order valence-corrected chi connectivity index (χ3v) is 8.45. The molecule has 37 heavy (non-hydrogen) atoms. The van der Waals surface area contributed by atoms with Gasteiger partial charge in [-0.1, -0.05) is 24.3 Å². The quantitative estimate of drug-likeness (QED) is 0.317. The van der Waals surface area contributed by atoms with E-state index in [9.17, 15) is 18.3 Å². The van der Waals surface area contributed by atoms with Gasteiger partial charge in [0.2, 0.25) is 15.8 Å². The molecule has 0 amide bonds. The van der Waals surface area contributed by atoms with Gasteiger partial charge in [-0.3, -0.25) is 5.73 Å². The zero-order valence-electron chi connectivity index (χ0n) is 20.1. The summed E-state index contributed by atoms with van der Waals surface area (Å²) in [4.78, 5) is 20.2. The Labute approximate surface area is 214 Å². The van der Waals surface area contributed by atoms with Crippen molar-refractivity contribution in [1.29, 1.82) is 0 Å².